The Bertz CT molecular complexity index is 1060. The predicted molar refractivity (Wildman–Crippen MR) is 109 cm³/mol. The van der Waals surface area contributed by atoms with Crippen LogP contribution in [-0.4, -0.2) is 68.6 Å². The van der Waals surface area contributed by atoms with Crippen molar-refractivity contribution in [3.05, 3.63) is 45.7 Å². The van der Waals surface area contributed by atoms with E-state index in [9.17, 15) is 4.79 Å². The molecule has 2 aromatic heterocycles. The van der Waals surface area contributed by atoms with Crippen LogP contribution in [0.2, 0.25) is 0 Å². The first-order valence-electron chi connectivity index (χ1n) is 9.04. The number of hydrogen-bond donors (Lipinski definition) is 2. The number of halogens is 1. The SMILES string of the molecule is Nc1nonc1-n1nnc(CN2CCOCC2)c1C(=O)N/N=C/c1cccc(Br)c1. The summed E-state index contributed by atoms with van der Waals surface area (Å²) in [5.74, 6) is -0.446. The molecular formula is C17H18BrN9O3. The van der Waals surface area contributed by atoms with E-state index < -0.39 is 5.91 Å². The second-order valence-electron chi connectivity index (χ2n) is 6.41. The van der Waals surface area contributed by atoms with E-state index in [2.05, 4.69) is 56.6 Å². The fourth-order valence-electron chi connectivity index (χ4n) is 2.91. The van der Waals surface area contributed by atoms with Gasteiger partial charge in [-0.3, -0.25) is 9.69 Å². The number of nitrogens with zero attached hydrogens (tertiary/aromatic N) is 7. The van der Waals surface area contributed by atoms with Gasteiger partial charge in [-0.2, -0.15) is 9.78 Å². The Hall–Kier alpha value is -3.16. The van der Waals surface area contributed by atoms with Crippen molar-refractivity contribution in [2.24, 2.45) is 5.10 Å². The highest BCUT2D eigenvalue weighted by molar-refractivity contribution is 9.10. The molecule has 0 atom stereocenters. The van der Waals surface area contributed by atoms with E-state index in [0.717, 1.165) is 23.1 Å². The molecule has 0 unspecified atom stereocenters. The van der Waals surface area contributed by atoms with Gasteiger partial charge in [-0.1, -0.05) is 33.3 Å². The van der Waals surface area contributed by atoms with Gasteiger partial charge in [-0.05, 0) is 28.0 Å². The summed E-state index contributed by atoms with van der Waals surface area (Å²) in [5.41, 5.74) is 9.70. The highest BCUT2D eigenvalue weighted by Gasteiger charge is 2.26. The molecule has 1 saturated heterocycles. The number of nitrogen functional groups attached to an aromatic ring is 1. The second-order valence-corrected chi connectivity index (χ2v) is 7.33. The molecule has 0 aliphatic carbocycles. The summed E-state index contributed by atoms with van der Waals surface area (Å²) in [4.78, 5) is 15.1. The largest absolute Gasteiger partial charge is 0.379 e. The van der Waals surface area contributed by atoms with Crippen LogP contribution in [0.1, 0.15) is 21.7 Å². The highest BCUT2D eigenvalue weighted by atomic mass is 79.9. The summed E-state index contributed by atoms with van der Waals surface area (Å²) in [5, 5.41) is 19.5. The molecule has 4 rings (SSSR count). The molecule has 13 heteroatoms. The maximum absolute atomic E-state index is 13.0. The first-order chi connectivity index (χ1) is 14.6. The third-order valence-electron chi connectivity index (χ3n) is 4.36. The van der Waals surface area contributed by atoms with Crippen molar-refractivity contribution in [2.75, 3.05) is 32.0 Å². The van der Waals surface area contributed by atoms with Crippen LogP contribution in [0.5, 0.6) is 0 Å². The van der Waals surface area contributed by atoms with E-state index >= 15 is 0 Å². The van der Waals surface area contributed by atoms with Gasteiger partial charge in [-0.15, -0.1) is 5.10 Å². The monoisotopic (exact) mass is 475 g/mol. The van der Waals surface area contributed by atoms with Gasteiger partial charge in [0, 0.05) is 24.1 Å². The van der Waals surface area contributed by atoms with E-state index in [1.54, 1.807) is 0 Å². The second kappa shape index (κ2) is 9.11. The van der Waals surface area contributed by atoms with Crippen molar-refractivity contribution in [3.63, 3.8) is 0 Å². The molecular weight excluding hydrogens is 458 g/mol. The van der Waals surface area contributed by atoms with Gasteiger partial charge in [0.15, 0.2) is 5.69 Å². The third kappa shape index (κ3) is 4.53. The number of rotatable bonds is 6. The summed E-state index contributed by atoms with van der Waals surface area (Å²) in [6.45, 7) is 3.09. The van der Waals surface area contributed by atoms with Crippen LogP contribution in [-0.2, 0) is 11.3 Å². The normalized spacial score (nSPS) is 15.0. The van der Waals surface area contributed by atoms with E-state index in [1.165, 1.54) is 10.9 Å². The quantitative estimate of drug-likeness (QED) is 0.385. The van der Waals surface area contributed by atoms with Gasteiger partial charge in [0.25, 0.3) is 5.91 Å². The lowest BCUT2D eigenvalue weighted by molar-refractivity contribution is 0.0335. The molecule has 0 bridgehead atoms. The maximum atomic E-state index is 13.0. The lowest BCUT2D eigenvalue weighted by atomic mass is 10.2. The summed E-state index contributed by atoms with van der Waals surface area (Å²) in [7, 11) is 0. The molecule has 3 N–H and O–H groups in total. The fraction of sp³-hybridized carbons (Fsp3) is 0.294. The van der Waals surface area contributed by atoms with E-state index in [0.29, 0.717) is 25.5 Å². The fourth-order valence-corrected chi connectivity index (χ4v) is 3.33. The number of nitrogens with two attached hydrogens (primary N) is 1. The van der Waals surface area contributed by atoms with Gasteiger partial charge in [0.05, 0.1) is 19.4 Å². The molecule has 3 aromatic rings. The van der Waals surface area contributed by atoms with Crippen LogP contribution >= 0.6 is 15.9 Å². The molecule has 1 aliphatic rings. The predicted octanol–water partition coefficient (Wildman–Crippen LogP) is 0.591. The van der Waals surface area contributed by atoms with E-state index in [-0.39, 0.29) is 17.3 Å². The molecule has 30 heavy (non-hydrogen) atoms. The number of aromatic nitrogens is 5. The number of amides is 1. The van der Waals surface area contributed by atoms with Crippen LogP contribution in [0, 0.1) is 0 Å². The van der Waals surface area contributed by atoms with Gasteiger partial charge in [0.2, 0.25) is 11.6 Å². The zero-order chi connectivity index (χ0) is 20.9. The highest BCUT2D eigenvalue weighted by Crippen LogP contribution is 2.17. The van der Waals surface area contributed by atoms with Crippen molar-refractivity contribution in [2.45, 2.75) is 6.54 Å². The van der Waals surface area contributed by atoms with Gasteiger partial charge < -0.3 is 10.5 Å². The van der Waals surface area contributed by atoms with Crippen molar-refractivity contribution >= 4 is 33.9 Å². The van der Waals surface area contributed by atoms with Crippen LogP contribution in [0.15, 0.2) is 38.5 Å². The Labute approximate surface area is 179 Å². The first kappa shape index (κ1) is 20.1. The lowest BCUT2D eigenvalue weighted by Crippen LogP contribution is -2.36. The number of hydrogen-bond acceptors (Lipinski definition) is 10. The van der Waals surface area contributed by atoms with Crippen molar-refractivity contribution in [1.82, 2.24) is 35.6 Å². The maximum Gasteiger partial charge on any atom is 0.292 e. The number of benzene rings is 1. The molecule has 1 fully saturated rings. The van der Waals surface area contributed by atoms with Crippen LogP contribution in [0.4, 0.5) is 5.82 Å². The summed E-state index contributed by atoms with van der Waals surface area (Å²) < 4.78 is 12.1. The van der Waals surface area contributed by atoms with Gasteiger partial charge in [0.1, 0.15) is 5.69 Å². The minimum absolute atomic E-state index is 0.00971. The summed E-state index contributed by atoms with van der Waals surface area (Å²) >= 11 is 3.39. The molecule has 0 saturated carbocycles. The van der Waals surface area contributed by atoms with Gasteiger partial charge >= 0.3 is 0 Å². The smallest absolute Gasteiger partial charge is 0.292 e. The van der Waals surface area contributed by atoms with Crippen molar-refractivity contribution < 1.29 is 14.2 Å². The Morgan fingerprint density at radius 1 is 1.33 bits per heavy atom. The molecule has 3 heterocycles. The average molecular weight is 476 g/mol. The summed E-state index contributed by atoms with van der Waals surface area (Å²) in [6, 6.07) is 7.49. The molecule has 0 radical (unpaired) electrons. The Morgan fingerprint density at radius 3 is 2.90 bits per heavy atom. The third-order valence-corrected chi connectivity index (χ3v) is 4.85. The molecule has 1 aromatic carbocycles. The minimum atomic E-state index is -0.517. The number of morpholine rings is 1. The number of carbonyl (C=O) groups excluding carboxylic acids is 1. The Morgan fingerprint density at radius 2 is 2.17 bits per heavy atom. The van der Waals surface area contributed by atoms with Crippen LogP contribution in [0.3, 0.4) is 0 Å². The average Bonchev–Trinajstić information content (AvgIpc) is 3.34. The number of anilines is 1. The lowest BCUT2D eigenvalue weighted by Gasteiger charge is -2.25. The number of nitrogens with one attached hydrogen (secondary N) is 1. The Balaban J connectivity index is 1.59. The summed E-state index contributed by atoms with van der Waals surface area (Å²) in [6.07, 6.45) is 1.53. The van der Waals surface area contributed by atoms with Gasteiger partial charge in [-0.25, -0.2) is 10.1 Å². The van der Waals surface area contributed by atoms with Crippen LogP contribution in [0.25, 0.3) is 5.82 Å². The molecule has 156 valence electrons. The number of ether oxygens (including phenoxy) is 1. The number of hydrazone groups is 1. The molecule has 1 aliphatic heterocycles. The molecule has 1 amide bonds. The number of carbonyl (C=O) groups is 1. The van der Waals surface area contributed by atoms with E-state index in [1.807, 2.05) is 24.3 Å². The van der Waals surface area contributed by atoms with Crippen molar-refractivity contribution in [3.8, 4) is 5.82 Å². The zero-order valence-electron chi connectivity index (χ0n) is 15.7. The molecule has 0 spiro atoms. The van der Waals surface area contributed by atoms with Crippen LogP contribution < -0.4 is 11.2 Å². The zero-order valence-corrected chi connectivity index (χ0v) is 17.3. The molecule has 12 nitrogen and oxygen atoms in total. The Kier molecular flexibility index (Phi) is 6.11. The topological polar surface area (TPSA) is 150 Å². The minimum Gasteiger partial charge on any atom is -0.379 e. The standard InChI is InChI=1S/C17H18BrN9O3/c18-12-3-1-2-11(8-12)9-20-22-17(28)14-13(10-26-4-6-29-7-5-26)21-25-27(14)16-15(19)23-30-24-16/h1-3,8-9H,4-7,10H2,(H2,19,23)(H,22,28)/b20-9+. The first-order valence-corrected chi connectivity index (χ1v) is 9.83. The van der Waals surface area contributed by atoms with E-state index in [4.69, 9.17) is 10.5 Å². The van der Waals surface area contributed by atoms with Crippen molar-refractivity contribution in [1.29, 1.82) is 0 Å².